The van der Waals surface area contributed by atoms with Crippen molar-refractivity contribution in [1.29, 1.82) is 0 Å². The largest absolute Gasteiger partial charge is 0.206 e. The molecule has 2 aliphatic rings. The van der Waals surface area contributed by atoms with E-state index in [2.05, 4.69) is 6.92 Å². The Kier molecular flexibility index (Phi) is 6.17. The SMILES string of the molecule is CCCC1CC[C@@H]2C[C@H](c3cc(F)c(-c4cc(F)c(F)c(F)c4)c(F)c3)CC[C@@H]2C1. The second-order valence-electron chi connectivity index (χ2n) is 9.11. The van der Waals surface area contributed by atoms with Crippen LogP contribution in [-0.4, -0.2) is 0 Å². The average Bonchev–Trinajstić information content (AvgIpc) is 2.71. The van der Waals surface area contributed by atoms with Crippen molar-refractivity contribution in [2.75, 3.05) is 0 Å². The predicted octanol–water partition coefficient (Wildman–Crippen LogP) is 8.15. The van der Waals surface area contributed by atoms with Crippen LogP contribution in [0.5, 0.6) is 0 Å². The molecular weight excluding hydrogens is 395 g/mol. The Labute approximate surface area is 174 Å². The van der Waals surface area contributed by atoms with E-state index in [1.807, 2.05) is 0 Å². The van der Waals surface area contributed by atoms with Gasteiger partial charge in [-0.2, -0.15) is 0 Å². The summed E-state index contributed by atoms with van der Waals surface area (Å²) in [5.74, 6) is -4.11. The highest BCUT2D eigenvalue weighted by atomic mass is 19.2. The van der Waals surface area contributed by atoms with Crippen LogP contribution in [0.2, 0.25) is 0 Å². The van der Waals surface area contributed by atoms with E-state index >= 15 is 0 Å². The van der Waals surface area contributed by atoms with E-state index in [4.69, 9.17) is 0 Å². The summed E-state index contributed by atoms with van der Waals surface area (Å²) in [5, 5.41) is 0. The van der Waals surface area contributed by atoms with Gasteiger partial charge < -0.3 is 0 Å². The van der Waals surface area contributed by atoms with Crippen molar-refractivity contribution in [3.05, 3.63) is 58.9 Å². The fourth-order valence-electron chi connectivity index (χ4n) is 5.76. The van der Waals surface area contributed by atoms with Crippen molar-refractivity contribution in [3.63, 3.8) is 0 Å². The normalized spacial score (nSPS) is 26.5. The second kappa shape index (κ2) is 8.68. The number of halogens is 5. The third-order valence-electron chi connectivity index (χ3n) is 7.23. The highest BCUT2D eigenvalue weighted by Gasteiger charge is 2.36. The summed E-state index contributed by atoms with van der Waals surface area (Å²) in [6.07, 6.45) is 9.11. The zero-order valence-electron chi connectivity index (χ0n) is 17.2. The van der Waals surface area contributed by atoms with E-state index in [0.29, 0.717) is 29.5 Å². The molecule has 4 rings (SSSR count). The monoisotopic (exact) mass is 422 g/mol. The fourth-order valence-corrected chi connectivity index (χ4v) is 5.76. The Morgan fingerprint density at radius 1 is 0.733 bits per heavy atom. The molecule has 0 nitrogen and oxygen atoms in total. The Hall–Kier alpha value is -1.91. The van der Waals surface area contributed by atoms with Gasteiger partial charge in [0.25, 0.3) is 0 Å². The van der Waals surface area contributed by atoms with Crippen LogP contribution in [0.1, 0.15) is 69.8 Å². The highest BCUT2D eigenvalue weighted by molar-refractivity contribution is 5.65. The third-order valence-corrected chi connectivity index (χ3v) is 7.23. The van der Waals surface area contributed by atoms with E-state index in [1.165, 1.54) is 44.2 Å². The lowest BCUT2D eigenvalue weighted by Gasteiger charge is -2.42. The van der Waals surface area contributed by atoms with Gasteiger partial charge in [-0.1, -0.05) is 26.2 Å². The first-order chi connectivity index (χ1) is 14.4. The lowest BCUT2D eigenvalue weighted by Crippen LogP contribution is -2.30. The van der Waals surface area contributed by atoms with E-state index in [0.717, 1.165) is 25.2 Å². The molecule has 162 valence electrons. The molecule has 4 atom stereocenters. The summed E-state index contributed by atoms with van der Waals surface area (Å²) >= 11 is 0. The molecule has 2 fully saturated rings. The molecule has 1 unspecified atom stereocenters. The van der Waals surface area contributed by atoms with Gasteiger partial charge in [0.05, 0.1) is 5.56 Å². The molecule has 0 aromatic heterocycles. The molecule has 2 aliphatic carbocycles. The molecular formula is C25H27F5. The van der Waals surface area contributed by atoms with Gasteiger partial charge in [0.15, 0.2) is 17.5 Å². The van der Waals surface area contributed by atoms with Crippen LogP contribution in [0.25, 0.3) is 11.1 Å². The topological polar surface area (TPSA) is 0 Å². The van der Waals surface area contributed by atoms with Crippen molar-refractivity contribution >= 4 is 0 Å². The summed E-state index contributed by atoms with van der Waals surface area (Å²) in [6.45, 7) is 2.23. The van der Waals surface area contributed by atoms with Gasteiger partial charge in [0, 0.05) is 0 Å². The molecule has 0 spiro atoms. The minimum Gasteiger partial charge on any atom is -0.206 e. The molecule has 5 heteroatoms. The summed E-state index contributed by atoms with van der Waals surface area (Å²) in [6, 6.07) is 3.82. The van der Waals surface area contributed by atoms with E-state index in [-0.39, 0.29) is 11.5 Å². The maximum absolute atomic E-state index is 14.8. The minimum atomic E-state index is -1.65. The predicted molar refractivity (Wildman–Crippen MR) is 107 cm³/mol. The molecule has 2 aromatic rings. The Bertz CT molecular complexity index is 876. The number of rotatable bonds is 4. The first-order valence-corrected chi connectivity index (χ1v) is 11.0. The smallest absolute Gasteiger partial charge is 0.194 e. The number of fused-ring (bicyclic) bond motifs is 1. The van der Waals surface area contributed by atoms with E-state index in [1.54, 1.807) is 0 Å². The zero-order valence-corrected chi connectivity index (χ0v) is 17.2. The van der Waals surface area contributed by atoms with Crippen molar-refractivity contribution in [2.45, 2.75) is 64.2 Å². The lowest BCUT2D eigenvalue weighted by atomic mass is 9.63. The standard InChI is InChI=1S/C25H27F5/c1-2-3-14-4-5-16-9-17(7-6-15(16)8-14)18-10-20(26)24(21(27)11-18)19-12-22(28)25(30)23(29)13-19/h10-17H,2-9H2,1H3/t14?,15-,16-,17-/m1/s1. The van der Waals surface area contributed by atoms with Crippen LogP contribution in [0, 0.1) is 46.8 Å². The Morgan fingerprint density at radius 2 is 1.33 bits per heavy atom. The van der Waals surface area contributed by atoms with Gasteiger partial charge in [-0.25, -0.2) is 22.0 Å². The Morgan fingerprint density at radius 3 is 1.97 bits per heavy atom. The summed E-state index contributed by atoms with van der Waals surface area (Å²) in [4.78, 5) is 0. The fraction of sp³-hybridized carbons (Fsp3) is 0.520. The van der Waals surface area contributed by atoms with Crippen LogP contribution in [0.15, 0.2) is 24.3 Å². The van der Waals surface area contributed by atoms with Gasteiger partial charge in [-0.05, 0) is 91.2 Å². The molecule has 0 saturated heterocycles. The minimum absolute atomic E-state index is 0.0914. The van der Waals surface area contributed by atoms with Crippen LogP contribution in [0.4, 0.5) is 22.0 Å². The van der Waals surface area contributed by atoms with Gasteiger partial charge in [0.2, 0.25) is 0 Å². The first kappa shape index (κ1) is 21.3. The van der Waals surface area contributed by atoms with Crippen molar-refractivity contribution in [3.8, 4) is 11.1 Å². The Balaban J connectivity index is 1.55. The van der Waals surface area contributed by atoms with Gasteiger partial charge in [0.1, 0.15) is 11.6 Å². The summed E-state index contributed by atoms with van der Waals surface area (Å²) in [7, 11) is 0. The van der Waals surface area contributed by atoms with Gasteiger partial charge in [-0.15, -0.1) is 0 Å². The van der Waals surface area contributed by atoms with Crippen LogP contribution >= 0.6 is 0 Å². The molecule has 2 saturated carbocycles. The van der Waals surface area contributed by atoms with E-state index in [9.17, 15) is 22.0 Å². The summed E-state index contributed by atoms with van der Waals surface area (Å²) < 4.78 is 69.9. The average molecular weight is 422 g/mol. The molecule has 0 aliphatic heterocycles. The number of hydrogen-bond acceptors (Lipinski definition) is 0. The van der Waals surface area contributed by atoms with Gasteiger partial charge >= 0.3 is 0 Å². The number of hydrogen-bond donors (Lipinski definition) is 0. The summed E-state index contributed by atoms with van der Waals surface area (Å²) in [5.41, 5.74) is -0.262. The van der Waals surface area contributed by atoms with Crippen molar-refractivity contribution in [2.24, 2.45) is 17.8 Å². The maximum atomic E-state index is 14.8. The van der Waals surface area contributed by atoms with Crippen LogP contribution in [-0.2, 0) is 0 Å². The molecule has 30 heavy (non-hydrogen) atoms. The second-order valence-corrected chi connectivity index (χ2v) is 9.11. The third kappa shape index (κ3) is 4.13. The zero-order chi connectivity index (χ0) is 21.4. The lowest BCUT2D eigenvalue weighted by molar-refractivity contribution is 0.114. The van der Waals surface area contributed by atoms with Crippen LogP contribution < -0.4 is 0 Å². The number of benzene rings is 2. The highest BCUT2D eigenvalue weighted by Crippen LogP contribution is 2.48. The van der Waals surface area contributed by atoms with E-state index < -0.39 is 34.6 Å². The molecule has 0 heterocycles. The van der Waals surface area contributed by atoms with Crippen molar-refractivity contribution < 1.29 is 22.0 Å². The quantitative estimate of drug-likeness (QED) is 0.344. The molecule has 0 N–H and O–H groups in total. The molecule has 0 amide bonds. The van der Waals surface area contributed by atoms with Crippen molar-refractivity contribution in [1.82, 2.24) is 0 Å². The molecule has 0 radical (unpaired) electrons. The first-order valence-electron chi connectivity index (χ1n) is 11.0. The van der Waals surface area contributed by atoms with Gasteiger partial charge in [-0.3, -0.25) is 0 Å². The molecule has 0 bridgehead atoms. The maximum Gasteiger partial charge on any atom is 0.194 e. The van der Waals surface area contributed by atoms with Crippen LogP contribution in [0.3, 0.4) is 0 Å². The molecule has 2 aromatic carbocycles.